The van der Waals surface area contributed by atoms with E-state index in [-0.39, 0.29) is 29.6 Å². The lowest BCUT2D eigenvalue weighted by Crippen LogP contribution is -2.53. The molecule has 0 saturated carbocycles. The minimum Gasteiger partial charge on any atom is -0.352 e. The van der Waals surface area contributed by atoms with Gasteiger partial charge in [-0.15, -0.1) is 0 Å². The Hall–Kier alpha value is -3.86. The molecule has 0 aromatic heterocycles. The van der Waals surface area contributed by atoms with Crippen LogP contribution in [-0.2, 0) is 32.3 Å². The molecule has 0 aliphatic heterocycles. The van der Waals surface area contributed by atoms with Crippen molar-refractivity contribution in [3.05, 3.63) is 95.6 Å². The number of rotatable bonds is 12. The number of carbonyl (C=O) groups is 2. The normalized spacial score (nSPS) is 13.2. The molecule has 0 fully saturated rings. The van der Waals surface area contributed by atoms with Gasteiger partial charge < -0.3 is 10.2 Å². The number of amides is 2. The maximum atomic E-state index is 14.0. The van der Waals surface area contributed by atoms with Crippen LogP contribution in [0.25, 0.3) is 0 Å². The van der Waals surface area contributed by atoms with Gasteiger partial charge in [0.15, 0.2) is 0 Å². The highest BCUT2D eigenvalue weighted by atomic mass is 32.2. The van der Waals surface area contributed by atoms with Crippen LogP contribution in [0.3, 0.4) is 0 Å². The average Bonchev–Trinajstić information content (AvgIpc) is 2.95. The van der Waals surface area contributed by atoms with Crippen LogP contribution in [0.15, 0.2) is 83.8 Å². The van der Waals surface area contributed by atoms with Gasteiger partial charge in [-0.05, 0) is 62.6 Å². The topological polar surface area (TPSA) is 86.8 Å². The molecule has 7 nitrogen and oxygen atoms in total. The molecule has 3 aromatic carbocycles. The minimum atomic E-state index is -4.74. The first-order valence-electron chi connectivity index (χ1n) is 13.7. The Morgan fingerprint density at radius 2 is 1.55 bits per heavy atom. The molecule has 42 heavy (non-hydrogen) atoms. The second-order valence-corrected chi connectivity index (χ2v) is 12.0. The Kier molecular flexibility index (Phi) is 10.8. The number of halogens is 3. The molecule has 3 rings (SSSR count). The number of benzene rings is 3. The molecule has 0 aliphatic rings. The van der Waals surface area contributed by atoms with Crippen LogP contribution in [0.2, 0.25) is 0 Å². The van der Waals surface area contributed by atoms with E-state index in [4.69, 9.17) is 0 Å². The average molecular weight is 604 g/mol. The van der Waals surface area contributed by atoms with Gasteiger partial charge in [0, 0.05) is 12.6 Å². The van der Waals surface area contributed by atoms with E-state index in [1.54, 1.807) is 56.3 Å². The number of anilines is 1. The van der Waals surface area contributed by atoms with Crippen molar-refractivity contribution >= 4 is 27.5 Å². The molecule has 1 N–H and O–H groups in total. The summed E-state index contributed by atoms with van der Waals surface area (Å²) in [5.74, 6) is -1.14. The fraction of sp³-hybridized carbons (Fsp3) is 0.355. The van der Waals surface area contributed by atoms with E-state index >= 15 is 0 Å². The zero-order valence-electron chi connectivity index (χ0n) is 24.1. The third-order valence-electron chi connectivity index (χ3n) is 6.93. The van der Waals surface area contributed by atoms with E-state index in [0.717, 1.165) is 17.7 Å². The number of nitrogens with one attached hydrogen (secondary N) is 1. The predicted octanol–water partition coefficient (Wildman–Crippen LogP) is 5.93. The molecule has 0 saturated heterocycles. The lowest BCUT2D eigenvalue weighted by atomic mass is 10.1. The van der Waals surface area contributed by atoms with Gasteiger partial charge in [0.1, 0.15) is 12.6 Å². The summed E-state index contributed by atoms with van der Waals surface area (Å²) in [6.07, 6.45) is -3.85. The second-order valence-electron chi connectivity index (χ2n) is 10.1. The summed E-state index contributed by atoms with van der Waals surface area (Å²) in [6, 6.07) is 17.4. The zero-order valence-corrected chi connectivity index (χ0v) is 24.9. The summed E-state index contributed by atoms with van der Waals surface area (Å²) in [5.41, 5.74) is 0.100. The molecule has 0 aliphatic carbocycles. The standard InChI is InChI=1S/C31H36F3N3O4S/c1-5-23(4)35-30(39)28(6-2)36(20-24-11-8-7-9-12-24)29(38)21-37(26-14-10-13-25(19-26)31(32,33)34)42(40,41)27-17-15-22(3)16-18-27/h7-19,23,28H,5-6,20-21H2,1-4H3,(H,35,39). The summed E-state index contributed by atoms with van der Waals surface area (Å²) in [7, 11) is -4.49. The highest BCUT2D eigenvalue weighted by Crippen LogP contribution is 2.33. The second kappa shape index (κ2) is 13.9. The van der Waals surface area contributed by atoms with Gasteiger partial charge in [-0.1, -0.05) is 67.9 Å². The SMILES string of the molecule is CCC(C)NC(=O)C(CC)N(Cc1ccccc1)C(=O)CN(c1cccc(C(F)(F)F)c1)S(=O)(=O)c1ccc(C)cc1. The molecule has 0 radical (unpaired) electrons. The van der Waals surface area contributed by atoms with Crippen molar-refractivity contribution in [2.75, 3.05) is 10.8 Å². The molecule has 2 unspecified atom stereocenters. The van der Waals surface area contributed by atoms with Crippen molar-refractivity contribution in [1.82, 2.24) is 10.2 Å². The van der Waals surface area contributed by atoms with Gasteiger partial charge in [-0.2, -0.15) is 13.2 Å². The van der Waals surface area contributed by atoms with Crippen molar-refractivity contribution in [2.24, 2.45) is 0 Å². The first-order chi connectivity index (χ1) is 19.8. The van der Waals surface area contributed by atoms with Crippen molar-refractivity contribution < 1.29 is 31.2 Å². The van der Waals surface area contributed by atoms with Gasteiger partial charge in [0.25, 0.3) is 10.0 Å². The number of nitrogens with zero attached hydrogens (tertiary/aromatic N) is 2. The summed E-state index contributed by atoms with van der Waals surface area (Å²) in [4.78, 5) is 28.4. The first kappa shape index (κ1) is 32.7. The van der Waals surface area contributed by atoms with Gasteiger partial charge in [-0.3, -0.25) is 13.9 Å². The molecule has 0 spiro atoms. The third kappa shape index (κ3) is 8.12. The number of carbonyl (C=O) groups excluding carboxylic acids is 2. The number of aryl methyl sites for hydroxylation is 1. The molecule has 226 valence electrons. The Morgan fingerprint density at radius 3 is 2.12 bits per heavy atom. The highest BCUT2D eigenvalue weighted by molar-refractivity contribution is 7.92. The quantitative estimate of drug-likeness (QED) is 0.278. The van der Waals surface area contributed by atoms with Crippen LogP contribution < -0.4 is 9.62 Å². The van der Waals surface area contributed by atoms with Crippen molar-refractivity contribution in [3.8, 4) is 0 Å². The van der Waals surface area contributed by atoms with Gasteiger partial charge in [-0.25, -0.2) is 8.42 Å². The monoisotopic (exact) mass is 603 g/mol. The Bertz CT molecular complexity index is 1460. The van der Waals surface area contributed by atoms with Gasteiger partial charge >= 0.3 is 6.18 Å². The van der Waals surface area contributed by atoms with Crippen LogP contribution in [0, 0.1) is 6.92 Å². The Balaban J connectivity index is 2.11. The lowest BCUT2D eigenvalue weighted by Gasteiger charge is -2.34. The van der Waals surface area contributed by atoms with E-state index in [9.17, 15) is 31.2 Å². The van der Waals surface area contributed by atoms with E-state index in [0.29, 0.717) is 22.4 Å². The molecular formula is C31H36F3N3O4S. The number of hydrogen-bond donors (Lipinski definition) is 1. The van der Waals surface area contributed by atoms with Gasteiger partial charge in [0.2, 0.25) is 11.8 Å². The van der Waals surface area contributed by atoms with Crippen LogP contribution in [0.1, 0.15) is 50.3 Å². The van der Waals surface area contributed by atoms with Crippen LogP contribution in [0.5, 0.6) is 0 Å². The van der Waals surface area contributed by atoms with Crippen LogP contribution in [0.4, 0.5) is 18.9 Å². The molecular weight excluding hydrogens is 567 g/mol. The smallest absolute Gasteiger partial charge is 0.352 e. The van der Waals surface area contributed by atoms with E-state index in [1.807, 2.05) is 13.8 Å². The van der Waals surface area contributed by atoms with Crippen molar-refractivity contribution in [2.45, 2.75) is 70.2 Å². The Morgan fingerprint density at radius 1 is 0.905 bits per heavy atom. The zero-order chi connectivity index (χ0) is 31.1. The summed E-state index contributed by atoms with van der Waals surface area (Å²) in [5, 5.41) is 2.88. The maximum absolute atomic E-state index is 14.0. The fourth-order valence-electron chi connectivity index (χ4n) is 4.34. The van der Waals surface area contributed by atoms with Crippen molar-refractivity contribution in [3.63, 3.8) is 0 Å². The molecule has 11 heteroatoms. The van der Waals surface area contributed by atoms with E-state index in [1.165, 1.54) is 23.1 Å². The molecule has 3 aromatic rings. The van der Waals surface area contributed by atoms with Crippen LogP contribution in [-0.4, -0.2) is 43.8 Å². The number of hydrogen-bond acceptors (Lipinski definition) is 4. The van der Waals surface area contributed by atoms with Crippen molar-refractivity contribution in [1.29, 1.82) is 0 Å². The minimum absolute atomic E-state index is 0.00683. The molecule has 0 heterocycles. The fourth-order valence-corrected chi connectivity index (χ4v) is 5.75. The number of alkyl halides is 3. The highest BCUT2D eigenvalue weighted by Gasteiger charge is 2.36. The predicted molar refractivity (Wildman–Crippen MR) is 156 cm³/mol. The third-order valence-corrected chi connectivity index (χ3v) is 8.72. The van der Waals surface area contributed by atoms with Crippen LogP contribution >= 0.6 is 0 Å². The summed E-state index contributed by atoms with van der Waals surface area (Å²) >= 11 is 0. The summed E-state index contributed by atoms with van der Waals surface area (Å²) in [6.45, 7) is 6.41. The maximum Gasteiger partial charge on any atom is 0.416 e. The van der Waals surface area contributed by atoms with E-state index in [2.05, 4.69) is 5.32 Å². The molecule has 0 bridgehead atoms. The Labute approximate surface area is 245 Å². The number of sulfonamides is 1. The first-order valence-corrected chi connectivity index (χ1v) is 15.1. The summed E-state index contributed by atoms with van der Waals surface area (Å²) < 4.78 is 69.3. The molecule has 2 amide bonds. The lowest BCUT2D eigenvalue weighted by molar-refractivity contribution is -0.140. The van der Waals surface area contributed by atoms with Gasteiger partial charge in [0.05, 0.1) is 16.1 Å². The molecule has 2 atom stereocenters. The van der Waals surface area contributed by atoms with E-state index < -0.39 is 46.2 Å². The largest absolute Gasteiger partial charge is 0.416 e.